The van der Waals surface area contributed by atoms with E-state index < -0.39 is 0 Å². The van der Waals surface area contributed by atoms with Crippen molar-refractivity contribution in [3.8, 4) is 5.75 Å². The molecule has 18 heavy (non-hydrogen) atoms. The Bertz CT molecular complexity index is 577. The lowest BCUT2D eigenvalue weighted by Gasteiger charge is -2.09. The van der Waals surface area contributed by atoms with Gasteiger partial charge in [-0.05, 0) is 52.7 Å². The van der Waals surface area contributed by atoms with Crippen LogP contribution < -0.4 is 10.1 Å². The molecule has 0 aliphatic carbocycles. The minimum Gasteiger partial charge on any atom is -0.495 e. The average Bonchev–Trinajstić information content (AvgIpc) is 2.76. The number of aryl methyl sites for hydroxylation is 1. The second-order valence-electron chi connectivity index (χ2n) is 3.76. The normalized spacial score (nSPS) is 10.2. The van der Waals surface area contributed by atoms with E-state index in [1.807, 2.05) is 25.1 Å². The van der Waals surface area contributed by atoms with E-state index in [2.05, 4.69) is 21.2 Å². The van der Waals surface area contributed by atoms with E-state index in [0.717, 1.165) is 5.56 Å². The summed E-state index contributed by atoms with van der Waals surface area (Å²) in [6.45, 7) is 1.94. The Morgan fingerprint density at radius 3 is 2.72 bits per heavy atom. The van der Waals surface area contributed by atoms with Crippen LogP contribution in [0.2, 0.25) is 0 Å². The van der Waals surface area contributed by atoms with Gasteiger partial charge in [-0.25, -0.2) is 0 Å². The maximum atomic E-state index is 11.9. The van der Waals surface area contributed by atoms with Gasteiger partial charge in [0.2, 0.25) is 0 Å². The topological polar surface area (TPSA) is 51.5 Å². The van der Waals surface area contributed by atoms with Crippen molar-refractivity contribution < 1.29 is 13.9 Å². The molecule has 1 N–H and O–H groups in total. The summed E-state index contributed by atoms with van der Waals surface area (Å²) in [5, 5.41) is 2.75. The Labute approximate surface area is 113 Å². The van der Waals surface area contributed by atoms with E-state index >= 15 is 0 Å². The number of amides is 1. The number of benzene rings is 1. The van der Waals surface area contributed by atoms with E-state index in [-0.39, 0.29) is 11.7 Å². The molecular weight excluding hydrogens is 298 g/mol. The molecular formula is C13H12BrNO3. The number of carbonyl (C=O) groups excluding carboxylic acids is 1. The fraction of sp³-hybridized carbons (Fsp3) is 0.154. The zero-order valence-electron chi connectivity index (χ0n) is 9.99. The molecule has 0 fully saturated rings. The van der Waals surface area contributed by atoms with Crippen LogP contribution in [0.3, 0.4) is 0 Å². The monoisotopic (exact) mass is 309 g/mol. The van der Waals surface area contributed by atoms with Gasteiger partial charge >= 0.3 is 0 Å². The summed E-state index contributed by atoms with van der Waals surface area (Å²) >= 11 is 3.15. The quantitative estimate of drug-likeness (QED) is 0.942. The molecule has 0 aliphatic heterocycles. The molecule has 0 atom stereocenters. The van der Waals surface area contributed by atoms with Crippen LogP contribution in [0.25, 0.3) is 0 Å². The zero-order chi connectivity index (χ0) is 13.1. The Morgan fingerprint density at radius 2 is 2.11 bits per heavy atom. The molecule has 2 aromatic rings. The number of rotatable bonds is 3. The molecule has 94 valence electrons. The lowest BCUT2D eigenvalue weighted by molar-refractivity contribution is 0.0995. The van der Waals surface area contributed by atoms with Crippen LogP contribution >= 0.6 is 15.9 Å². The maximum absolute atomic E-state index is 11.9. The molecule has 1 aromatic carbocycles. The zero-order valence-corrected chi connectivity index (χ0v) is 11.6. The van der Waals surface area contributed by atoms with Crippen LogP contribution in [-0.2, 0) is 0 Å². The van der Waals surface area contributed by atoms with Gasteiger partial charge in [-0.15, -0.1) is 0 Å². The van der Waals surface area contributed by atoms with Crippen molar-refractivity contribution in [1.82, 2.24) is 0 Å². The highest BCUT2D eigenvalue weighted by Crippen LogP contribution is 2.26. The molecule has 0 spiro atoms. The predicted octanol–water partition coefficient (Wildman–Crippen LogP) is 3.61. The van der Waals surface area contributed by atoms with Crippen LogP contribution in [0, 0.1) is 6.92 Å². The molecule has 2 rings (SSSR count). The third kappa shape index (κ3) is 2.73. The van der Waals surface area contributed by atoms with Gasteiger partial charge in [0.05, 0.1) is 12.8 Å². The highest BCUT2D eigenvalue weighted by atomic mass is 79.9. The number of carbonyl (C=O) groups is 1. The molecule has 0 saturated carbocycles. The number of ether oxygens (including phenoxy) is 1. The highest BCUT2D eigenvalue weighted by molar-refractivity contribution is 9.10. The maximum Gasteiger partial charge on any atom is 0.291 e. The number of hydrogen-bond donors (Lipinski definition) is 1. The van der Waals surface area contributed by atoms with Crippen molar-refractivity contribution in [3.63, 3.8) is 0 Å². The van der Waals surface area contributed by atoms with Crippen molar-refractivity contribution in [2.45, 2.75) is 6.92 Å². The predicted molar refractivity (Wildman–Crippen MR) is 72.1 cm³/mol. The summed E-state index contributed by atoms with van der Waals surface area (Å²) in [5.74, 6) is 0.537. The van der Waals surface area contributed by atoms with E-state index in [1.165, 1.54) is 0 Å². The Hall–Kier alpha value is -1.75. The fourth-order valence-corrected chi connectivity index (χ4v) is 1.85. The molecule has 1 heterocycles. The number of hydrogen-bond acceptors (Lipinski definition) is 3. The van der Waals surface area contributed by atoms with Crippen LogP contribution in [0.4, 0.5) is 5.69 Å². The average molecular weight is 310 g/mol. The Kier molecular flexibility index (Phi) is 3.72. The van der Waals surface area contributed by atoms with Crippen molar-refractivity contribution in [2.24, 2.45) is 0 Å². The van der Waals surface area contributed by atoms with Crippen LogP contribution in [0.5, 0.6) is 5.75 Å². The minimum atomic E-state index is -0.315. The fourth-order valence-electron chi connectivity index (χ4n) is 1.54. The molecule has 5 heteroatoms. The molecule has 0 aliphatic rings. The SMILES string of the molecule is COc1ccc(C)cc1NC(=O)c1ccc(Br)o1. The van der Waals surface area contributed by atoms with Crippen molar-refractivity contribution in [3.05, 3.63) is 46.3 Å². The van der Waals surface area contributed by atoms with Gasteiger partial charge in [-0.2, -0.15) is 0 Å². The Balaban J connectivity index is 2.23. The van der Waals surface area contributed by atoms with Crippen molar-refractivity contribution in [2.75, 3.05) is 12.4 Å². The summed E-state index contributed by atoms with van der Waals surface area (Å²) in [4.78, 5) is 11.9. The number of nitrogens with one attached hydrogen (secondary N) is 1. The molecule has 0 bridgehead atoms. The molecule has 0 saturated heterocycles. The van der Waals surface area contributed by atoms with E-state index in [9.17, 15) is 4.79 Å². The number of halogens is 1. The highest BCUT2D eigenvalue weighted by Gasteiger charge is 2.13. The molecule has 0 radical (unpaired) electrons. The van der Waals surface area contributed by atoms with Crippen LogP contribution in [0.1, 0.15) is 16.1 Å². The molecule has 4 nitrogen and oxygen atoms in total. The summed E-state index contributed by atoms with van der Waals surface area (Å²) in [5.41, 5.74) is 1.65. The van der Waals surface area contributed by atoms with Gasteiger partial charge in [0.15, 0.2) is 10.4 Å². The van der Waals surface area contributed by atoms with Gasteiger partial charge in [0.1, 0.15) is 5.75 Å². The molecule has 1 aromatic heterocycles. The number of methoxy groups -OCH3 is 1. The Morgan fingerprint density at radius 1 is 1.33 bits per heavy atom. The lowest BCUT2D eigenvalue weighted by atomic mass is 10.2. The summed E-state index contributed by atoms with van der Waals surface area (Å²) in [6, 6.07) is 8.83. The first-order valence-corrected chi connectivity index (χ1v) is 6.11. The standard InChI is InChI=1S/C13H12BrNO3/c1-8-3-4-10(17-2)9(7-8)15-13(16)11-5-6-12(14)18-11/h3-7H,1-2H3,(H,15,16). The van der Waals surface area contributed by atoms with Gasteiger partial charge in [0, 0.05) is 0 Å². The second-order valence-corrected chi connectivity index (χ2v) is 4.54. The first-order chi connectivity index (χ1) is 8.60. The minimum absolute atomic E-state index is 0.241. The van der Waals surface area contributed by atoms with Crippen molar-refractivity contribution >= 4 is 27.5 Å². The van der Waals surface area contributed by atoms with E-state index in [4.69, 9.17) is 9.15 Å². The summed E-state index contributed by atoms with van der Waals surface area (Å²) in [7, 11) is 1.56. The summed E-state index contributed by atoms with van der Waals surface area (Å²) in [6.07, 6.45) is 0. The second kappa shape index (κ2) is 5.27. The van der Waals surface area contributed by atoms with E-state index in [0.29, 0.717) is 16.1 Å². The first kappa shape index (κ1) is 12.7. The van der Waals surface area contributed by atoms with Crippen LogP contribution in [-0.4, -0.2) is 13.0 Å². The van der Waals surface area contributed by atoms with Gasteiger partial charge < -0.3 is 14.5 Å². The smallest absolute Gasteiger partial charge is 0.291 e. The third-order valence-corrected chi connectivity index (χ3v) is 2.83. The molecule has 0 unspecified atom stereocenters. The van der Waals surface area contributed by atoms with Gasteiger partial charge in [-0.3, -0.25) is 4.79 Å². The third-order valence-electron chi connectivity index (χ3n) is 2.40. The number of furan rings is 1. The van der Waals surface area contributed by atoms with E-state index in [1.54, 1.807) is 19.2 Å². The first-order valence-electron chi connectivity index (χ1n) is 5.31. The lowest BCUT2D eigenvalue weighted by Crippen LogP contribution is -2.11. The number of anilines is 1. The summed E-state index contributed by atoms with van der Waals surface area (Å²) < 4.78 is 10.9. The van der Waals surface area contributed by atoms with Gasteiger partial charge in [0.25, 0.3) is 5.91 Å². The van der Waals surface area contributed by atoms with Gasteiger partial charge in [-0.1, -0.05) is 6.07 Å². The van der Waals surface area contributed by atoms with Crippen LogP contribution in [0.15, 0.2) is 39.4 Å². The van der Waals surface area contributed by atoms with Crippen molar-refractivity contribution in [1.29, 1.82) is 0 Å². The molecule has 1 amide bonds. The largest absolute Gasteiger partial charge is 0.495 e.